The number of ether oxygens (including phenoxy) is 1. The Labute approximate surface area is 103 Å². The van der Waals surface area contributed by atoms with E-state index in [9.17, 15) is 0 Å². The van der Waals surface area contributed by atoms with Gasteiger partial charge in [-0.05, 0) is 61.8 Å². The lowest BCUT2D eigenvalue weighted by Crippen LogP contribution is -2.42. The van der Waals surface area contributed by atoms with Gasteiger partial charge in [0.15, 0.2) is 0 Å². The molecule has 1 aliphatic carbocycles. The summed E-state index contributed by atoms with van der Waals surface area (Å²) in [5.41, 5.74) is 4.28. The molecule has 1 fully saturated rings. The molecule has 2 nitrogen and oxygen atoms in total. The highest BCUT2D eigenvalue weighted by molar-refractivity contribution is 5.49. The molecule has 17 heavy (non-hydrogen) atoms. The first-order chi connectivity index (χ1) is 8.31. The van der Waals surface area contributed by atoms with E-state index >= 15 is 0 Å². The Morgan fingerprint density at radius 3 is 3.00 bits per heavy atom. The third-order valence-corrected chi connectivity index (χ3v) is 4.39. The first-order valence-electron chi connectivity index (χ1n) is 6.71. The van der Waals surface area contributed by atoms with Gasteiger partial charge in [0.25, 0.3) is 0 Å². The quantitative estimate of drug-likeness (QED) is 0.802. The van der Waals surface area contributed by atoms with Crippen LogP contribution in [0.2, 0.25) is 0 Å². The molecule has 0 radical (unpaired) electrons. The molecule has 0 unspecified atom stereocenters. The van der Waals surface area contributed by atoms with Crippen LogP contribution in [0.25, 0.3) is 0 Å². The van der Waals surface area contributed by atoms with Crippen molar-refractivity contribution in [1.29, 1.82) is 0 Å². The van der Waals surface area contributed by atoms with Crippen LogP contribution in [-0.4, -0.2) is 19.7 Å². The topological polar surface area (TPSA) is 21.3 Å². The van der Waals surface area contributed by atoms with Crippen LogP contribution < -0.4 is 10.1 Å². The largest absolute Gasteiger partial charge is 0.496 e. The summed E-state index contributed by atoms with van der Waals surface area (Å²) in [6, 6.07) is 5.25. The maximum Gasteiger partial charge on any atom is 0.125 e. The van der Waals surface area contributed by atoms with Crippen molar-refractivity contribution in [1.82, 2.24) is 5.32 Å². The van der Waals surface area contributed by atoms with Crippen molar-refractivity contribution in [2.45, 2.75) is 44.6 Å². The number of aryl methyl sites for hydroxylation is 1. The maximum absolute atomic E-state index is 5.60. The fourth-order valence-corrected chi connectivity index (χ4v) is 3.58. The average molecular weight is 231 g/mol. The molecule has 2 heteroatoms. The molecule has 2 atom stereocenters. The van der Waals surface area contributed by atoms with Crippen molar-refractivity contribution >= 4 is 0 Å². The van der Waals surface area contributed by atoms with Gasteiger partial charge >= 0.3 is 0 Å². The summed E-state index contributed by atoms with van der Waals surface area (Å²) in [7, 11) is 1.80. The van der Waals surface area contributed by atoms with Crippen LogP contribution >= 0.6 is 0 Å². The summed E-state index contributed by atoms with van der Waals surface area (Å²) in [6.45, 7) is 3.34. The van der Waals surface area contributed by atoms with Gasteiger partial charge in [-0.25, -0.2) is 0 Å². The van der Waals surface area contributed by atoms with E-state index in [1.807, 2.05) is 0 Å². The Kier molecular flexibility index (Phi) is 2.83. The Morgan fingerprint density at radius 2 is 2.18 bits per heavy atom. The van der Waals surface area contributed by atoms with Crippen LogP contribution in [0.3, 0.4) is 0 Å². The van der Waals surface area contributed by atoms with E-state index in [4.69, 9.17) is 4.74 Å². The summed E-state index contributed by atoms with van der Waals surface area (Å²) >= 11 is 0. The maximum atomic E-state index is 5.60. The van der Waals surface area contributed by atoms with Crippen LogP contribution in [0.1, 0.15) is 41.9 Å². The van der Waals surface area contributed by atoms with E-state index in [2.05, 4.69) is 24.4 Å². The molecule has 1 aromatic rings. The highest BCUT2D eigenvalue weighted by Crippen LogP contribution is 2.41. The number of rotatable bonds is 1. The smallest absolute Gasteiger partial charge is 0.125 e. The van der Waals surface area contributed by atoms with Crippen LogP contribution in [0.4, 0.5) is 0 Å². The molecule has 1 saturated heterocycles. The lowest BCUT2D eigenvalue weighted by atomic mass is 9.74. The molecule has 2 aliphatic rings. The van der Waals surface area contributed by atoms with E-state index in [1.165, 1.54) is 42.5 Å². The van der Waals surface area contributed by atoms with Crippen LogP contribution in [-0.2, 0) is 6.42 Å². The van der Waals surface area contributed by atoms with E-state index in [-0.39, 0.29) is 0 Å². The van der Waals surface area contributed by atoms with Gasteiger partial charge in [-0.15, -0.1) is 0 Å². The van der Waals surface area contributed by atoms with Crippen LogP contribution in [0, 0.1) is 6.92 Å². The molecule has 3 rings (SSSR count). The minimum absolute atomic E-state index is 0.698. The number of methoxy groups -OCH3 is 1. The van der Waals surface area contributed by atoms with Crippen molar-refractivity contribution < 1.29 is 4.74 Å². The standard InChI is InChI=1S/C15H21NO/c1-10-5-6-11-12-4-3-9-16-14(12)8-7-13(11)15(10)17-2/h5-6,12,14,16H,3-4,7-9H2,1-2H3/t12-,14-/m0/s1. The molecule has 1 aliphatic heterocycles. The summed E-state index contributed by atoms with van der Waals surface area (Å²) in [5.74, 6) is 1.84. The highest BCUT2D eigenvalue weighted by atomic mass is 16.5. The zero-order chi connectivity index (χ0) is 11.8. The first kappa shape index (κ1) is 11.1. The second kappa shape index (κ2) is 4.34. The molecule has 1 N–H and O–H groups in total. The highest BCUT2D eigenvalue weighted by Gasteiger charge is 2.32. The van der Waals surface area contributed by atoms with E-state index in [0.29, 0.717) is 12.0 Å². The first-order valence-corrected chi connectivity index (χ1v) is 6.71. The molecule has 0 bridgehead atoms. The molecular weight excluding hydrogens is 210 g/mol. The minimum atomic E-state index is 0.698. The van der Waals surface area contributed by atoms with Gasteiger partial charge in [-0.2, -0.15) is 0 Å². The van der Waals surface area contributed by atoms with Gasteiger partial charge in [0.2, 0.25) is 0 Å². The monoisotopic (exact) mass is 231 g/mol. The normalized spacial score (nSPS) is 27.2. The minimum Gasteiger partial charge on any atom is -0.496 e. The van der Waals surface area contributed by atoms with Gasteiger partial charge < -0.3 is 10.1 Å². The summed E-state index contributed by atoms with van der Waals surface area (Å²) in [4.78, 5) is 0. The molecular formula is C15H21NO. The molecule has 0 spiro atoms. The zero-order valence-electron chi connectivity index (χ0n) is 10.8. The Balaban J connectivity index is 2.05. The van der Waals surface area contributed by atoms with Crippen molar-refractivity contribution in [3.05, 3.63) is 28.8 Å². The molecule has 0 aromatic heterocycles. The second-order valence-electron chi connectivity index (χ2n) is 5.33. The lowest BCUT2D eigenvalue weighted by Gasteiger charge is -2.38. The van der Waals surface area contributed by atoms with Crippen molar-refractivity contribution in [3.8, 4) is 5.75 Å². The fraction of sp³-hybridized carbons (Fsp3) is 0.600. The number of fused-ring (bicyclic) bond motifs is 3. The van der Waals surface area contributed by atoms with E-state index in [1.54, 1.807) is 7.11 Å². The van der Waals surface area contributed by atoms with Gasteiger partial charge in [-0.1, -0.05) is 12.1 Å². The van der Waals surface area contributed by atoms with Gasteiger partial charge in [0, 0.05) is 6.04 Å². The number of piperidine rings is 1. The Morgan fingerprint density at radius 1 is 1.29 bits per heavy atom. The molecule has 0 saturated carbocycles. The van der Waals surface area contributed by atoms with Crippen LogP contribution in [0.15, 0.2) is 12.1 Å². The van der Waals surface area contributed by atoms with E-state index in [0.717, 1.165) is 12.2 Å². The predicted molar refractivity (Wildman–Crippen MR) is 69.8 cm³/mol. The summed E-state index contributed by atoms with van der Waals surface area (Å²) < 4.78 is 5.60. The number of benzene rings is 1. The molecule has 1 aromatic carbocycles. The van der Waals surface area contributed by atoms with Gasteiger partial charge in [-0.3, -0.25) is 0 Å². The lowest BCUT2D eigenvalue weighted by molar-refractivity contribution is 0.313. The summed E-state index contributed by atoms with van der Waals surface area (Å²) in [6.07, 6.45) is 5.06. The third kappa shape index (κ3) is 1.75. The van der Waals surface area contributed by atoms with Crippen molar-refractivity contribution in [2.75, 3.05) is 13.7 Å². The number of hydrogen-bond acceptors (Lipinski definition) is 2. The van der Waals surface area contributed by atoms with Gasteiger partial charge in [0.1, 0.15) is 5.75 Å². The van der Waals surface area contributed by atoms with Crippen LogP contribution in [0.5, 0.6) is 5.75 Å². The number of nitrogens with one attached hydrogen (secondary N) is 1. The number of hydrogen-bond donors (Lipinski definition) is 1. The predicted octanol–water partition coefficient (Wildman–Crippen LogP) is 2.79. The average Bonchev–Trinajstić information content (AvgIpc) is 2.38. The fourth-order valence-electron chi connectivity index (χ4n) is 3.58. The van der Waals surface area contributed by atoms with E-state index < -0.39 is 0 Å². The second-order valence-corrected chi connectivity index (χ2v) is 5.33. The zero-order valence-corrected chi connectivity index (χ0v) is 10.8. The Bertz CT molecular complexity index is 427. The molecule has 1 heterocycles. The Hall–Kier alpha value is -1.02. The third-order valence-electron chi connectivity index (χ3n) is 4.39. The molecule has 0 amide bonds. The SMILES string of the molecule is COc1c(C)ccc2c1CC[C@@H]1NCCC[C@@H]21. The van der Waals surface area contributed by atoms with Crippen molar-refractivity contribution in [3.63, 3.8) is 0 Å². The van der Waals surface area contributed by atoms with Gasteiger partial charge in [0.05, 0.1) is 7.11 Å². The molecule has 92 valence electrons. The summed E-state index contributed by atoms with van der Waals surface area (Å²) in [5, 5.41) is 3.67. The van der Waals surface area contributed by atoms with Crippen molar-refractivity contribution in [2.24, 2.45) is 0 Å².